The van der Waals surface area contributed by atoms with Gasteiger partial charge >= 0.3 is 6.16 Å². The number of carbonyl (C=O) groups excluding carboxylic acids is 2. The number of ether oxygens (including phenoxy) is 3. The molecule has 1 aliphatic heterocycles. The number of aliphatic hydroxyl groups excluding tert-OH is 1. The monoisotopic (exact) mass is 588 g/mol. The first-order valence-corrected chi connectivity index (χ1v) is 13.4. The van der Waals surface area contributed by atoms with Crippen molar-refractivity contribution in [3.63, 3.8) is 0 Å². The lowest BCUT2D eigenvalue weighted by Crippen LogP contribution is -2.33. The molecule has 1 heterocycles. The molecule has 0 radical (unpaired) electrons. The number of rotatable bonds is 7. The van der Waals surface area contributed by atoms with Crippen LogP contribution in [-0.4, -0.2) is 73.0 Å². The van der Waals surface area contributed by atoms with Crippen molar-refractivity contribution >= 4 is 24.2 Å². The number of aliphatic hydroxyl groups is 1. The Morgan fingerprint density at radius 3 is 2.61 bits per heavy atom. The highest BCUT2D eigenvalue weighted by atomic mass is 35.5. The Bertz CT molecular complexity index is 1310. The van der Waals surface area contributed by atoms with Crippen LogP contribution in [0.2, 0.25) is 5.02 Å². The molecule has 0 fully saturated rings. The summed E-state index contributed by atoms with van der Waals surface area (Å²) < 4.78 is 32.7. The van der Waals surface area contributed by atoms with Crippen molar-refractivity contribution in [2.75, 3.05) is 39.9 Å². The van der Waals surface area contributed by atoms with Gasteiger partial charge in [-0.1, -0.05) is 35.7 Å². The van der Waals surface area contributed by atoms with E-state index in [1.54, 1.807) is 64.8 Å². The molecular formula is C31H38ClFN2O6. The summed E-state index contributed by atoms with van der Waals surface area (Å²) >= 11 is 6.52. The number of halogens is 2. The molecule has 1 amide bonds. The lowest BCUT2D eigenvalue weighted by Gasteiger charge is -2.22. The number of carbonyl (C=O) groups is 2. The first-order chi connectivity index (χ1) is 19.3. The molecule has 2 aromatic carbocycles. The van der Waals surface area contributed by atoms with Gasteiger partial charge in [0.1, 0.15) is 18.0 Å². The molecule has 0 saturated carbocycles. The summed E-state index contributed by atoms with van der Waals surface area (Å²) in [6, 6.07) is 6.47. The van der Waals surface area contributed by atoms with Gasteiger partial charge in [0.25, 0.3) is 0 Å². The summed E-state index contributed by atoms with van der Waals surface area (Å²) in [6.45, 7) is 14.5. The topological polar surface area (TPSA) is 88.5 Å². The van der Waals surface area contributed by atoms with Crippen LogP contribution in [0, 0.1) is 17.7 Å². The van der Waals surface area contributed by atoms with Gasteiger partial charge in [0, 0.05) is 55.5 Å². The minimum absolute atomic E-state index is 0.0434. The number of amides is 1. The minimum atomic E-state index is -0.934. The second-order valence-electron chi connectivity index (χ2n) is 10.5. The van der Waals surface area contributed by atoms with E-state index in [9.17, 15) is 9.59 Å². The maximum atomic E-state index is 16.2. The zero-order chi connectivity index (χ0) is 30.7. The highest BCUT2D eigenvalue weighted by Crippen LogP contribution is 2.44. The SMILES string of the molecule is C=C(C)CO.CC#Cc1cc2c(c(F)c1-c1c(Cl)cccc1OC(=O)OC(C)(C)C)OCCN(CCN(C)C=O)C2. The second kappa shape index (κ2) is 15.4. The molecule has 3 rings (SSSR count). The highest BCUT2D eigenvalue weighted by Gasteiger charge is 2.28. The van der Waals surface area contributed by atoms with Crippen LogP contribution >= 0.6 is 11.6 Å². The van der Waals surface area contributed by atoms with Gasteiger partial charge in [-0.15, -0.1) is 5.92 Å². The molecular weight excluding hydrogens is 551 g/mol. The fraction of sp³-hybridized carbons (Fsp3) is 0.419. The second-order valence-corrected chi connectivity index (χ2v) is 10.9. The van der Waals surface area contributed by atoms with Crippen molar-refractivity contribution in [3.05, 3.63) is 58.4 Å². The van der Waals surface area contributed by atoms with E-state index in [1.807, 2.05) is 0 Å². The van der Waals surface area contributed by atoms with Gasteiger partial charge in [-0.25, -0.2) is 9.18 Å². The maximum Gasteiger partial charge on any atom is 0.514 e. The fourth-order valence-corrected chi connectivity index (χ4v) is 4.03. The number of likely N-dealkylation sites (N-methyl/N-ethyl adjacent to an activating group) is 1. The Kier molecular flexibility index (Phi) is 12.7. The van der Waals surface area contributed by atoms with Gasteiger partial charge in [-0.2, -0.15) is 0 Å². The molecule has 8 nitrogen and oxygen atoms in total. The molecule has 41 heavy (non-hydrogen) atoms. The molecule has 1 aliphatic rings. The molecule has 0 aromatic heterocycles. The molecule has 0 atom stereocenters. The van der Waals surface area contributed by atoms with E-state index in [2.05, 4.69) is 23.3 Å². The third-order valence-corrected chi connectivity index (χ3v) is 5.95. The van der Waals surface area contributed by atoms with Crippen molar-refractivity contribution in [2.24, 2.45) is 0 Å². The van der Waals surface area contributed by atoms with E-state index in [0.29, 0.717) is 37.3 Å². The summed E-state index contributed by atoms with van der Waals surface area (Å²) in [5.41, 5.74) is 1.31. The lowest BCUT2D eigenvalue weighted by molar-refractivity contribution is -0.117. The van der Waals surface area contributed by atoms with Crippen molar-refractivity contribution in [2.45, 2.75) is 46.8 Å². The van der Waals surface area contributed by atoms with Crippen LogP contribution in [0.1, 0.15) is 45.7 Å². The normalized spacial score (nSPS) is 12.7. The van der Waals surface area contributed by atoms with Gasteiger partial charge in [0.15, 0.2) is 11.6 Å². The summed E-state index contributed by atoms with van der Waals surface area (Å²) in [6.07, 6.45) is -0.166. The highest BCUT2D eigenvalue weighted by molar-refractivity contribution is 6.33. The van der Waals surface area contributed by atoms with Gasteiger partial charge < -0.3 is 24.2 Å². The van der Waals surface area contributed by atoms with E-state index in [4.69, 9.17) is 30.9 Å². The standard InChI is InChI=1S/C27H30ClFN2O5.C4H8O/c1-6-8-18-15-19-16-31(12-11-30(5)17-32)13-14-34-25(19)24(29)22(18)23-20(28)9-7-10-21(23)35-26(33)36-27(2,3)4;1-4(2)3-5/h7,9-10,15,17H,11-14,16H2,1-5H3;5H,1,3H2,2H3. The van der Waals surface area contributed by atoms with E-state index in [0.717, 1.165) is 12.0 Å². The van der Waals surface area contributed by atoms with E-state index in [-0.39, 0.29) is 40.9 Å². The first-order valence-electron chi connectivity index (χ1n) is 13.0. The van der Waals surface area contributed by atoms with Crippen LogP contribution in [0.25, 0.3) is 11.1 Å². The third kappa shape index (κ3) is 10.1. The van der Waals surface area contributed by atoms with E-state index in [1.165, 1.54) is 6.07 Å². The molecule has 10 heteroatoms. The molecule has 2 aromatic rings. The molecule has 0 aliphatic carbocycles. The zero-order valence-electron chi connectivity index (χ0n) is 24.5. The molecule has 0 bridgehead atoms. The first kappa shape index (κ1) is 33.6. The van der Waals surface area contributed by atoms with Gasteiger partial charge in [0.05, 0.1) is 11.6 Å². The van der Waals surface area contributed by atoms with Crippen molar-refractivity contribution in [3.8, 4) is 34.5 Å². The number of hydrogen-bond acceptors (Lipinski definition) is 7. The number of nitrogens with zero attached hydrogens (tertiary/aromatic N) is 2. The van der Waals surface area contributed by atoms with Crippen molar-refractivity contribution < 1.29 is 33.3 Å². The smallest absolute Gasteiger partial charge is 0.489 e. The molecule has 0 saturated heterocycles. The van der Waals surface area contributed by atoms with Crippen LogP contribution in [0.5, 0.6) is 11.5 Å². The van der Waals surface area contributed by atoms with Crippen molar-refractivity contribution in [1.82, 2.24) is 9.80 Å². The largest absolute Gasteiger partial charge is 0.514 e. The zero-order valence-corrected chi connectivity index (χ0v) is 25.2. The Hall–Kier alpha value is -3.58. The van der Waals surface area contributed by atoms with Crippen LogP contribution < -0.4 is 9.47 Å². The predicted molar refractivity (Wildman–Crippen MR) is 158 cm³/mol. The van der Waals surface area contributed by atoms with Crippen LogP contribution in [0.15, 0.2) is 36.4 Å². The summed E-state index contributed by atoms with van der Waals surface area (Å²) in [5, 5.41) is 8.23. The molecule has 1 N–H and O–H groups in total. The van der Waals surface area contributed by atoms with Crippen LogP contribution in [-0.2, 0) is 16.1 Å². The fourth-order valence-electron chi connectivity index (χ4n) is 3.77. The van der Waals surface area contributed by atoms with Crippen LogP contribution in [0.4, 0.5) is 9.18 Å². The molecule has 222 valence electrons. The molecule has 0 unspecified atom stereocenters. The Balaban J connectivity index is 0.00000108. The number of hydrogen-bond donors (Lipinski definition) is 1. The Morgan fingerprint density at radius 2 is 2.02 bits per heavy atom. The summed E-state index contributed by atoms with van der Waals surface area (Å²) in [5.74, 6) is 5.28. The number of fused-ring (bicyclic) bond motifs is 1. The summed E-state index contributed by atoms with van der Waals surface area (Å²) in [4.78, 5) is 27.0. The number of benzene rings is 2. The van der Waals surface area contributed by atoms with Crippen LogP contribution in [0.3, 0.4) is 0 Å². The average Bonchev–Trinajstić information content (AvgIpc) is 3.10. The van der Waals surface area contributed by atoms with Crippen molar-refractivity contribution in [1.29, 1.82) is 0 Å². The third-order valence-electron chi connectivity index (χ3n) is 5.63. The minimum Gasteiger partial charge on any atom is -0.489 e. The lowest BCUT2D eigenvalue weighted by atomic mass is 9.95. The maximum absolute atomic E-state index is 16.2. The molecule has 0 spiro atoms. The predicted octanol–water partition coefficient (Wildman–Crippen LogP) is 5.67. The quantitative estimate of drug-likeness (QED) is 0.147. The average molecular weight is 589 g/mol. The Labute approximate surface area is 246 Å². The van der Waals surface area contributed by atoms with Gasteiger partial charge in [-0.05, 0) is 52.8 Å². The van der Waals surface area contributed by atoms with Gasteiger partial charge in [0.2, 0.25) is 6.41 Å². The van der Waals surface area contributed by atoms with Gasteiger partial charge in [-0.3, -0.25) is 9.69 Å². The Morgan fingerprint density at radius 1 is 1.34 bits per heavy atom. The van der Waals surface area contributed by atoms with E-state index >= 15 is 4.39 Å². The summed E-state index contributed by atoms with van der Waals surface area (Å²) in [7, 11) is 1.71. The van der Waals surface area contributed by atoms with E-state index < -0.39 is 17.6 Å².